The Labute approximate surface area is 117 Å². The van der Waals surface area contributed by atoms with Gasteiger partial charge in [-0.15, -0.1) is 0 Å². The van der Waals surface area contributed by atoms with E-state index in [1.807, 2.05) is 0 Å². The lowest BCUT2D eigenvalue weighted by atomic mass is 9.86. The molecule has 2 heterocycles. The number of nitrogens with zero attached hydrogens (tertiary/aromatic N) is 1. The van der Waals surface area contributed by atoms with Crippen LogP contribution in [0, 0.1) is 11.8 Å². The second kappa shape index (κ2) is 6.25. The zero-order valence-electron chi connectivity index (χ0n) is 12.1. The van der Waals surface area contributed by atoms with Crippen LogP contribution in [0.1, 0.15) is 57.8 Å². The molecule has 2 aliphatic heterocycles. The van der Waals surface area contributed by atoms with Crippen LogP contribution in [0.15, 0.2) is 0 Å². The maximum Gasteiger partial charge on any atom is 0.225 e. The molecule has 0 radical (unpaired) electrons. The van der Waals surface area contributed by atoms with Crippen molar-refractivity contribution >= 4 is 5.91 Å². The topological polar surface area (TPSA) is 32.3 Å². The first-order valence-corrected chi connectivity index (χ1v) is 8.37. The van der Waals surface area contributed by atoms with Gasteiger partial charge in [-0.2, -0.15) is 0 Å². The first-order chi connectivity index (χ1) is 9.36. The van der Waals surface area contributed by atoms with E-state index in [0.29, 0.717) is 23.8 Å². The van der Waals surface area contributed by atoms with E-state index in [2.05, 4.69) is 10.2 Å². The zero-order valence-corrected chi connectivity index (χ0v) is 12.1. The largest absolute Gasteiger partial charge is 0.339 e. The Morgan fingerprint density at radius 3 is 2.53 bits per heavy atom. The van der Waals surface area contributed by atoms with E-state index >= 15 is 0 Å². The summed E-state index contributed by atoms with van der Waals surface area (Å²) in [5, 5.41) is 3.51. The molecule has 108 valence electrons. The lowest BCUT2D eigenvalue weighted by molar-refractivity contribution is -0.138. The van der Waals surface area contributed by atoms with Gasteiger partial charge in [0.15, 0.2) is 0 Å². The third-order valence-electron chi connectivity index (χ3n) is 5.42. The van der Waals surface area contributed by atoms with Crippen molar-refractivity contribution in [2.24, 2.45) is 11.8 Å². The first kappa shape index (κ1) is 13.4. The monoisotopic (exact) mass is 264 g/mol. The standard InChI is InChI=1S/C16H28N2O/c19-16(13-6-2-1-3-7-13)18-11-5-9-15(18)14-8-4-10-17-12-14/h13-15,17H,1-12H2. The number of hydrogen-bond donors (Lipinski definition) is 1. The van der Waals surface area contributed by atoms with Crippen molar-refractivity contribution in [2.75, 3.05) is 19.6 Å². The fourth-order valence-electron chi connectivity index (χ4n) is 4.35. The second-order valence-corrected chi connectivity index (χ2v) is 6.68. The summed E-state index contributed by atoms with van der Waals surface area (Å²) in [7, 11) is 0. The van der Waals surface area contributed by atoms with Crippen molar-refractivity contribution in [3.05, 3.63) is 0 Å². The Morgan fingerprint density at radius 2 is 1.79 bits per heavy atom. The van der Waals surface area contributed by atoms with Gasteiger partial charge in [0.25, 0.3) is 0 Å². The highest BCUT2D eigenvalue weighted by atomic mass is 16.2. The van der Waals surface area contributed by atoms with Gasteiger partial charge in [0.1, 0.15) is 0 Å². The molecule has 0 aromatic carbocycles. The van der Waals surface area contributed by atoms with E-state index in [4.69, 9.17) is 0 Å². The number of rotatable bonds is 2. The van der Waals surface area contributed by atoms with Crippen molar-refractivity contribution in [1.82, 2.24) is 10.2 Å². The van der Waals surface area contributed by atoms with Crippen LogP contribution in [0.4, 0.5) is 0 Å². The molecule has 0 spiro atoms. The van der Waals surface area contributed by atoms with Gasteiger partial charge in [0.05, 0.1) is 0 Å². The highest BCUT2D eigenvalue weighted by Crippen LogP contribution is 2.32. The summed E-state index contributed by atoms with van der Waals surface area (Å²) in [6.45, 7) is 3.31. The third kappa shape index (κ3) is 2.96. The molecule has 19 heavy (non-hydrogen) atoms. The molecule has 1 saturated carbocycles. The number of hydrogen-bond acceptors (Lipinski definition) is 2. The lowest BCUT2D eigenvalue weighted by Gasteiger charge is -2.36. The molecule has 1 aliphatic carbocycles. The maximum absolute atomic E-state index is 12.8. The maximum atomic E-state index is 12.8. The Bertz CT molecular complexity index is 306. The molecule has 3 nitrogen and oxygen atoms in total. The summed E-state index contributed by atoms with van der Waals surface area (Å²) in [5.41, 5.74) is 0. The Hall–Kier alpha value is -0.570. The van der Waals surface area contributed by atoms with Crippen LogP contribution in [0.25, 0.3) is 0 Å². The van der Waals surface area contributed by atoms with E-state index in [0.717, 1.165) is 25.9 Å². The predicted octanol–water partition coefficient (Wildman–Crippen LogP) is 2.56. The van der Waals surface area contributed by atoms with E-state index in [1.165, 1.54) is 51.5 Å². The Morgan fingerprint density at radius 1 is 0.947 bits per heavy atom. The molecular weight excluding hydrogens is 236 g/mol. The van der Waals surface area contributed by atoms with Crippen LogP contribution in [0.3, 0.4) is 0 Å². The zero-order chi connectivity index (χ0) is 13.1. The molecule has 3 aliphatic rings. The number of carbonyl (C=O) groups excluding carboxylic acids is 1. The molecule has 2 unspecified atom stereocenters. The highest BCUT2D eigenvalue weighted by Gasteiger charge is 2.37. The number of piperidine rings is 1. The third-order valence-corrected chi connectivity index (χ3v) is 5.42. The molecule has 2 atom stereocenters. The van der Waals surface area contributed by atoms with E-state index in [1.54, 1.807) is 0 Å². The Kier molecular flexibility index (Phi) is 4.42. The quantitative estimate of drug-likeness (QED) is 0.831. The van der Waals surface area contributed by atoms with E-state index in [-0.39, 0.29) is 0 Å². The highest BCUT2D eigenvalue weighted by molar-refractivity contribution is 5.79. The minimum absolute atomic E-state index is 0.353. The average Bonchev–Trinajstić information content (AvgIpc) is 2.98. The van der Waals surface area contributed by atoms with Gasteiger partial charge in [-0.3, -0.25) is 4.79 Å². The van der Waals surface area contributed by atoms with Crippen LogP contribution in [-0.4, -0.2) is 36.5 Å². The van der Waals surface area contributed by atoms with Crippen LogP contribution in [0.5, 0.6) is 0 Å². The molecule has 0 aromatic rings. The van der Waals surface area contributed by atoms with Gasteiger partial charge < -0.3 is 10.2 Å². The molecule has 0 aromatic heterocycles. The number of nitrogens with one attached hydrogen (secondary N) is 1. The Balaban J connectivity index is 1.62. The summed E-state index contributed by atoms with van der Waals surface area (Å²) in [6.07, 6.45) is 11.2. The minimum atomic E-state index is 0.353. The van der Waals surface area contributed by atoms with Crippen molar-refractivity contribution in [3.63, 3.8) is 0 Å². The molecule has 3 rings (SSSR count). The van der Waals surface area contributed by atoms with Gasteiger partial charge in [0.2, 0.25) is 5.91 Å². The van der Waals surface area contributed by atoms with Crippen LogP contribution >= 0.6 is 0 Å². The molecule has 3 heteroatoms. The number of amides is 1. The molecule has 3 fully saturated rings. The van der Waals surface area contributed by atoms with Gasteiger partial charge in [-0.1, -0.05) is 19.3 Å². The van der Waals surface area contributed by atoms with Crippen molar-refractivity contribution < 1.29 is 4.79 Å². The average molecular weight is 264 g/mol. The first-order valence-electron chi connectivity index (χ1n) is 8.37. The predicted molar refractivity (Wildman–Crippen MR) is 76.9 cm³/mol. The van der Waals surface area contributed by atoms with Gasteiger partial charge >= 0.3 is 0 Å². The van der Waals surface area contributed by atoms with Crippen LogP contribution in [-0.2, 0) is 4.79 Å². The smallest absolute Gasteiger partial charge is 0.225 e. The lowest BCUT2D eigenvalue weighted by Crippen LogP contribution is -2.47. The normalized spacial score (nSPS) is 33.6. The van der Waals surface area contributed by atoms with Crippen LogP contribution in [0.2, 0.25) is 0 Å². The van der Waals surface area contributed by atoms with Gasteiger partial charge in [0, 0.05) is 18.5 Å². The molecule has 2 saturated heterocycles. The summed E-state index contributed by atoms with van der Waals surface area (Å²) < 4.78 is 0. The van der Waals surface area contributed by atoms with Crippen molar-refractivity contribution in [3.8, 4) is 0 Å². The summed E-state index contributed by atoms with van der Waals surface area (Å²) in [4.78, 5) is 15.0. The fraction of sp³-hybridized carbons (Fsp3) is 0.938. The molecular formula is C16H28N2O. The molecule has 1 amide bonds. The summed E-state index contributed by atoms with van der Waals surface area (Å²) in [5.74, 6) is 1.56. The number of carbonyl (C=O) groups is 1. The van der Waals surface area contributed by atoms with E-state index in [9.17, 15) is 4.79 Å². The van der Waals surface area contributed by atoms with Crippen molar-refractivity contribution in [2.45, 2.75) is 63.8 Å². The second-order valence-electron chi connectivity index (χ2n) is 6.68. The van der Waals surface area contributed by atoms with E-state index < -0.39 is 0 Å². The van der Waals surface area contributed by atoms with Gasteiger partial charge in [-0.05, 0) is 57.5 Å². The summed E-state index contributed by atoms with van der Waals surface area (Å²) >= 11 is 0. The summed E-state index contributed by atoms with van der Waals surface area (Å²) in [6, 6.07) is 0.544. The SMILES string of the molecule is O=C(C1CCCCC1)N1CCCC1C1CCCNC1. The number of likely N-dealkylation sites (tertiary alicyclic amines) is 1. The van der Waals surface area contributed by atoms with Gasteiger partial charge in [-0.25, -0.2) is 0 Å². The fourth-order valence-corrected chi connectivity index (χ4v) is 4.35. The van der Waals surface area contributed by atoms with Crippen molar-refractivity contribution in [1.29, 1.82) is 0 Å². The molecule has 0 bridgehead atoms. The molecule has 1 N–H and O–H groups in total. The minimum Gasteiger partial charge on any atom is -0.339 e. The van der Waals surface area contributed by atoms with Crippen LogP contribution < -0.4 is 5.32 Å².